The van der Waals surface area contributed by atoms with Gasteiger partial charge in [-0.15, -0.1) is 0 Å². The van der Waals surface area contributed by atoms with Crippen LogP contribution in [0.4, 0.5) is 13.2 Å². The highest BCUT2D eigenvalue weighted by Gasteiger charge is 2.43. The van der Waals surface area contributed by atoms with Crippen LogP contribution in [-0.4, -0.2) is 23.2 Å². The normalized spacial score (nSPS) is 14.5. The molecule has 0 saturated heterocycles. The largest absolute Gasteiger partial charge is 0.481 e. The molecular formula is C12H12F3NO3. The summed E-state index contributed by atoms with van der Waals surface area (Å²) in [6.07, 6.45) is -5.71. The molecule has 1 atom stereocenters. The van der Waals surface area contributed by atoms with Gasteiger partial charge in [-0.1, -0.05) is 30.3 Å². The fourth-order valence-corrected chi connectivity index (χ4v) is 1.65. The summed E-state index contributed by atoms with van der Waals surface area (Å²) in [7, 11) is 0. The highest BCUT2D eigenvalue weighted by molar-refractivity contribution is 5.83. The molecule has 1 amide bonds. The Labute approximate surface area is 107 Å². The van der Waals surface area contributed by atoms with Crippen LogP contribution in [0.15, 0.2) is 30.3 Å². The van der Waals surface area contributed by atoms with Gasteiger partial charge in [-0.25, -0.2) is 0 Å². The molecule has 0 heterocycles. The predicted octanol–water partition coefficient (Wildman–Crippen LogP) is 2.05. The van der Waals surface area contributed by atoms with E-state index in [2.05, 4.69) is 0 Å². The minimum absolute atomic E-state index is 0.287. The van der Waals surface area contributed by atoms with Crippen LogP contribution in [0.3, 0.4) is 0 Å². The number of hydrogen-bond donors (Lipinski definition) is 2. The van der Waals surface area contributed by atoms with E-state index in [4.69, 9.17) is 5.11 Å². The van der Waals surface area contributed by atoms with Crippen molar-refractivity contribution in [1.82, 2.24) is 5.32 Å². The number of nitrogens with one attached hydrogen (secondary N) is 1. The molecule has 0 radical (unpaired) electrons. The van der Waals surface area contributed by atoms with Gasteiger partial charge in [0.05, 0.1) is 12.0 Å². The zero-order valence-electron chi connectivity index (χ0n) is 9.99. The molecule has 7 heteroatoms. The highest BCUT2D eigenvalue weighted by atomic mass is 19.4. The lowest BCUT2D eigenvalue weighted by molar-refractivity contribution is -0.176. The summed E-state index contributed by atoms with van der Waals surface area (Å²) in [6, 6.07) is 7.65. The van der Waals surface area contributed by atoms with Crippen LogP contribution in [0.2, 0.25) is 0 Å². The molecule has 1 unspecified atom stereocenters. The predicted molar refractivity (Wildman–Crippen MR) is 60.2 cm³/mol. The second-order valence-electron chi connectivity index (χ2n) is 4.22. The van der Waals surface area contributed by atoms with Gasteiger partial charge >= 0.3 is 18.1 Å². The van der Waals surface area contributed by atoms with E-state index in [0.29, 0.717) is 0 Å². The Bertz CT molecular complexity index is 473. The lowest BCUT2D eigenvalue weighted by Gasteiger charge is -2.30. The fraction of sp³-hybridized carbons (Fsp3) is 0.333. The minimum Gasteiger partial charge on any atom is -0.481 e. The Balaban J connectivity index is 3.08. The number of rotatable bonds is 4. The summed E-state index contributed by atoms with van der Waals surface area (Å²) in [6.45, 7) is 1.24. The average Bonchev–Trinajstić information content (AvgIpc) is 2.27. The van der Waals surface area contributed by atoms with Crippen molar-refractivity contribution >= 4 is 11.9 Å². The van der Waals surface area contributed by atoms with Crippen molar-refractivity contribution in [2.24, 2.45) is 0 Å². The molecule has 104 valence electrons. The molecule has 0 aliphatic heterocycles. The van der Waals surface area contributed by atoms with E-state index in [-0.39, 0.29) is 5.56 Å². The molecule has 0 aliphatic carbocycles. The molecule has 1 rings (SSSR count). The summed E-state index contributed by atoms with van der Waals surface area (Å²) in [4.78, 5) is 21.8. The van der Waals surface area contributed by atoms with E-state index in [1.165, 1.54) is 19.1 Å². The molecule has 4 nitrogen and oxygen atoms in total. The van der Waals surface area contributed by atoms with Gasteiger partial charge in [0.25, 0.3) is 0 Å². The molecule has 19 heavy (non-hydrogen) atoms. The summed E-state index contributed by atoms with van der Waals surface area (Å²) < 4.78 is 36.8. The molecule has 1 aromatic carbocycles. The van der Waals surface area contributed by atoms with Gasteiger partial charge in [-0.05, 0) is 12.5 Å². The Morgan fingerprint density at radius 3 is 2.16 bits per heavy atom. The van der Waals surface area contributed by atoms with Crippen LogP contribution in [-0.2, 0) is 15.1 Å². The Morgan fingerprint density at radius 1 is 1.21 bits per heavy atom. The fourth-order valence-electron chi connectivity index (χ4n) is 1.65. The van der Waals surface area contributed by atoms with Crippen molar-refractivity contribution in [2.75, 3.05) is 0 Å². The van der Waals surface area contributed by atoms with Crippen LogP contribution < -0.4 is 5.32 Å². The smallest absolute Gasteiger partial charge is 0.471 e. The van der Waals surface area contributed by atoms with Crippen LogP contribution in [0.5, 0.6) is 0 Å². The maximum Gasteiger partial charge on any atom is 0.471 e. The van der Waals surface area contributed by atoms with Gasteiger partial charge < -0.3 is 10.4 Å². The lowest BCUT2D eigenvalue weighted by Crippen LogP contribution is -2.50. The number of hydrogen-bond acceptors (Lipinski definition) is 2. The zero-order chi connectivity index (χ0) is 14.7. The van der Waals surface area contributed by atoms with Gasteiger partial charge in [0.1, 0.15) is 0 Å². The number of carboxylic acids is 1. The Hall–Kier alpha value is -2.05. The number of benzene rings is 1. The number of amides is 1. The second-order valence-corrected chi connectivity index (χ2v) is 4.22. The average molecular weight is 275 g/mol. The van der Waals surface area contributed by atoms with E-state index in [9.17, 15) is 22.8 Å². The van der Waals surface area contributed by atoms with Crippen molar-refractivity contribution in [3.63, 3.8) is 0 Å². The number of carbonyl (C=O) groups is 2. The first-order valence-corrected chi connectivity index (χ1v) is 5.32. The number of carbonyl (C=O) groups excluding carboxylic acids is 1. The van der Waals surface area contributed by atoms with E-state index in [1.807, 2.05) is 0 Å². The van der Waals surface area contributed by atoms with Crippen LogP contribution in [0.1, 0.15) is 18.9 Å². The molecule has 0 fully saturated rings. The van der Waals surface area contributed by atoms with Crippen LogP contribution in [0, 0.1) is 0 Å². The molecule has 0 aliphatic rings. The first kappa shape index (κ1) is 15.0. The zero-order valence-corrected chi connectivity index (χ0v) is 9.99. The van der Waals surface area contributed by atoms with Crippen LogP contribution in [0.25, 0.3) is 0 Å². The number of aliphatic carboxylic acids is 1. The third-order valence-electron chi connectivity index (χ3n) is 2.56. The van der Waals surface area contributed by atoms with Crippen LogP contribution >= 0.6 is 0 Å². The van der Waals surface area contributed by atoms with Crippen molar-refractivity contribution in [2.45, 2.75) is 25.1 Å². The standard InChI is InChI=1S/C12H12F3NO3/c1-11(7-9(17)18,8-5-3-2-4-6-8)16-10(19)12(13,14)15/h2-6H,7H2,1H3,(H,16,19)(H,17,18). The maximum absolute atomic E-state index is 12.3. The molecular weight excluding hydrogens is 263 g/mol. The van der Waals surface area contributed by atoms with Gasteiger partial charge in [0.2, 0.25) is 0 Å². The summed E-state index contributed by atoms with van der Waals surface area (Å²) >= 11 is 0. The van der Waals surface area contributed by atoms with E-state index in [1.54, 1.807) is 23.5 Å². The van der Waals surface area contributed by atoms with Gasteiger partial charge in [0.15, 0.2) is 0 Å². The van der Waals surface area contributed by atoms with Gasteiger partial charge in [-0.2, -0.15) is 13.2 Å². The summed E-state index contributed by atoms with van der Waals surface area (Å²) in [5.41, 5.74) is -1.34. The SMILES string of the molecule is CC(CC(=O)O)(NC(=O)C(F)(F)F)c1ccccc1. The first-order chi connectivity index (χ1) is 8.65. The van der Waals surface area contributed by atoms with Crippen molar-refractivity contribution < 1.29 is 27.9 Å². The number of halogens is 3. The molecule has 0 spiro atoms. The van der Waals surface area contributed by atoms with Gasteiger partial charge in [-0.3, -0.25) is 9.59 Å². The highest BCUT2D eigenvalue weighted by Crippen LogP contribution is 2.27. The third kappa shape index (κ3) is 3.97. The van der Waals surface area contributed by atoms with E-state index < -0.39 is 30.0 Å². The third-order valence-corrected chi connectivity index (χ3v) is 2.56. The lowest BCUT2D eigenvalue weighted by atomic mass is 9.88. The topological polar surface area (TPSA) is 66.4 Å². The summed E-state index contributed by atoms with van der Waals surface area (Å²) in [5, 5.41) is 10.5. The minimum atomic E-state index is -5.06. The number of alkyl halides is 3. The quantitative estimate of drug-likeness (QED) is 0.883. The Kier molecular flexibility index (Phi) is 4.18. The number of carboxylic acid groups (broad SMARTS) is 1. The first-order valence-electron chi connectivity index (χ1n) is 5.32. The maximum atomic E-state index is 12.3. The summed E-state index contributed by atoms with van der Waals surface area (Å²) in [5.74, 6) is -3.48. The molecule has 0 aromatic heterocycles. The van der Waals surface area contributed by atoms with Crippen molar-refractivity contribution in [1.29, 1.82) is 0 Å². The van der Waals surface area contributed by atoms with Crippen molar-refractivity contribution in [3.8, 4) is 0 Å². The van der Waals surface area contributed by atoms with E-state index >= 15 is 0 Å². The molecule has 0 saturated carbocycles. The van der Waals surface area contributed by atoms with E-state index in [0.717, 1.165) is 0 Å². The molecule has 2 N–H and O–H groups in total. The van der Waals surface area contributed by atoms with Crippen molar-refractivity contribution in [3.05, 3.63) is 35.9 Å². The molecule has 0 bridgehead atoms. The van der Waals surface area contributed by atoms with Gasteiger partial charge in [0, 0.05) is 0 Å². The second kappa shape index (κ2) is 5.29. The Morgan fingerprint density at radius 2 is 1.74 bits per heavy atom. The molecule has 1 aromatic rings. The monoisotopic (exact) mass is 275 g/mol.